The van der Waals surface area contributed by atoms with Crippen LogP contribution in [0.25, 0.3) is 10.9 Å². The monoisotopic (exact) mass is 349 g/mol. The van der Waals surface area contributed by atoms with Crippen molar-refractivity contribution in [3.8, 4) is 0 Å². The van der Waals surface area contributed by atoms with Gasteiger partial charge in [-0.2, -0.15) is 5.10 Å². The quantitative estimate of drug-likeness (QED) is 0.741. The molecule has 3 aromatic rings. The van der Waals surface area contributed by atoms with Gasteiger partial charge in [-0.3, -0.25) is 19.8 Å². The average molecular weight is 349 g/mol. The fourth-order valence-electron chi connectivity index (χ4n) is 3.93. The van der Waals surface area contributed by atoms with Gasteiger partial charge in [0.15, 0.2) is 0 Å². The Balaban J connectivity index is 1.39. The van der Waals surface area contributed by atoms with Crippen molar-refractivity contribution in [1.29, 1.82) is 0 Å². The van der Waals surface area contributed by atoms with Gasteiger partial charge in [-0.1, -0.05) is 24.3 Å². The van der Waals surface area contributed by atoms with E-state index in [9.17, 15) is 4.79 Å². The molecule has 2 atom stereocenters. The molecule has 1 amide bonds. The van der Waals surface area contributed by atoms with Gasteiger partial charge in [0.1, 0.15) is 0 Å². The number of H-pyrrole nitrogens is 1. The molecule has 2 aromatic heterocycles. The molecule has 0 saturated carbocycles. The van der Waals surface area contributed by atoms with Gasteiger partial charge in [0.2, 0.25) is 5.91 Å². The molecular weight excluding hydrogens is 326 g/mol. The molecule has 1 aromatic carbocycles. The molecule has 1 aliphatic rings. The van der Waals surface area contributed by atoms with Gasteiger partial charge in [-0.05, 0) is 43.6 Å². The lowest BCUT2D eigenvalue weighted by Gasteiger charge is -2.25. The van der Waals surface area contributed by atoms with E-state index in [1.807, 2.05) is 36.5 Å². The van der Waals surface area contributed by atoms with Crippen LogP contribution in [0.5, 0.6) is 0 Å². The Bertz CT molecular complexity index is 891. The predicted octanol–water partition coefficient (Wildman–Crippen LogP) is 2.31. The zero-order valence-corrected chi connectivity index (χ0v) is 14.9. The second kappa shape index (κ2) is 7.25. The Kier molecular flexibility index (Phi) is 4.67. The lowest BCUT2D eigenvalue weighted by molar-refractivity contribution is -0.120. The van der Waals surface area contributed by atoms with Crippen molar-refractivity contribution in [3.05, 3.63) is 60.0 Å². The highest BCUT2D eigenvalue weighted by atomic mass is 16.1. The molecule has 134 valence electrons. The van der Waals surface area contributed by atoms with Crippen LogP contribution in [0.1, 0.15) is 23.7 Å². The zero-order valence-electron chi connectivity index (χ0n) is 14.9. The van der Waals surface area contributed by atoms with E-state index in [1.165, 1.54) is 5.56 Å². The van der Waals surface area contributed by atoms with Crippen molar-refractivity contribution in [2.45, 2.75) is 18.9 Å². The number of likely N-dealkylation sites (tertiary alicyclic amines) is 1. The van der Waals surface area contributed by atoms with E-state index in [0.29, 0.717) is 24.9 Å². The molecule has 2 N–H and O–H groups in total. The smallest absolute Gasteiger partial charge is 0.226 e. The first-order chi connectivity index (χ1) is 12.7. The highest BCUT2D eigenvalue weighted by Crippen LogP contribution is 2.35. The summed E-state index contributed by atoms with van der Waals surface area (Å²) < 4.78 is 0. The summed E-state index contributed by atoms with van der Waals surface area (Å²) in [6.45, 7) is 1.71. The number of hydrogen-bond acceptors (Lipinski definition) is 4. The van der Waals surface area contributed by atoms with Gasteiger partial charge in [0.25, 0.3) is 0 Å². The number of carbonyl (C=O) groups is 1. The molecule has 1 fully saturated rings. The Hall–Kier alpha value is -2.73. The second-order valence-electron chi connectivity index (χ2n) is 6.96. The van der Waals surface area contributed by atoms with E-state index in [1.54, 1.807) is 6.20 Å². The minimum atomic E-state index is 0.0268. The van der Waals surface area contributed by atoms with Gasteiger partial charge in [0, 0.05) is 30.4 Å². The number of fused-ring (bicyclic) bond motifs is 1. The van der Waals surface area contributed by atoms with E-state index < -0.39 is 0 Å². The number of aromatic nitrogens is 3. The molecule has 3 heterocycles. The Morgan fingerprint density at radius 3 is 3.04 bits per heavy atom. The zero-order chi connectivity index (χ0) is 17.9. The maximum atomic E-state index is 12.5. The van der Waals surface area contributed by atoms with Crippen LogP contribution in [-0.4, -0.2) is 46.1 Å². The standard InChI is InChI=1S/C20H23N5O/c1-25-10-8-15(20(25)14-5-4-9-21-12-14)13-22-19(26)11-18-16-6-2-3-7-17(16)23-24-18/h2-7,9,12,15,20H,8,10-11,13H2,1H3,(H,22,26)(H,23,24)/t15-,20-/m0/s1. The SMILES string of the molecule is CN1CC[C@@H](CNC(=O)Cc2[nH]nc3ccccc23)[C@@H]1c1cccnc1. The first-order valence-electron chi connectivity index (χ1n) is 9.01. The van der Waals surface area contributed by atoms with Gasteiger partial charge < -0.3 is 5.32 Å². The Morgan fingerprint density at radius 2 is 2.19 bits per heavy atom. The third-order valence-corrected chi connectivity index (χ3v) is 5.24. The molecule has 0 unspecified atom stereocenters. The third kappa shape index (κ3) is 3.32. The number of nitrogens with one attached hydrogen (secondary N) is 2. The molecule has 0 radical (unpaired) electrons. The number of aromatic amines is 1. The van der Waals surface area contributed by atoms with Gasteiger partial charge in [-0.15, -0.1) is 0 Å². The minimum Gasteiger partial charge on any atom is -0.355 e. The van der Waals surface area contributed by atoms with Crippen LogP contribution >= 0.6 is 0 Å². The maximum absolute atomic E-state index is 12.5. The summed E-state index contributed by atoms with van der Waals surface area (Å²) in [4.78, 5) is 19.0. The van der Waals surface area contributed by atoms with Crippen LogP contribution in [0.2, 0.25) is 0 Å². The molecule has 26 heavy (non-hydrogen) atoms. The number of amides is 1. The summed E-state index contributed by atoms with van der Waals surface area (Å²) in [6, 6.07) is 12.2. The van der Waals surface area contributed by atoms with Crippen molar-refractivity contribution >= 4 is 16.8 Å². The average Bonchev–Trinajstić information content (AvgIpc) is 3.24. The van der Waals surface area contributed by atoms with E-state index >= 15 is 0 Å². The number of rotatable bonds is 5. The van der Waals surface area contributed by atoms with Crippen LogP contribution in [0.4, 0.5) is 0 Å². The van der Waals surface area contributed by atoms with Crippen LogP contribution in [0, 0.1) is 5.92 Å². The summed E-state index contributed by atoms with van der Waals surface area (Å²) in [5.74, 6) is 0.422. The molecular formula is C20H23N5O. The third-order valence-electron chi connectivity index (χ3n) is 5.24. The van der Waals surface area contributed by atoms with Crippen molar-refractivity contribution in [2.24, 2.45) is 5.92 Å². The lowest BCUT2D eigenvalue weighted by atomic mass is 9.94. The molecule has 4 rings (SSSR count). The van der Waals surface area contributed by atoms with Crippen molar-refractivity contribution in [2.75, 3.05) is 20.1 Å². The number of benzene rings is 1. The molecule has 0 spiro atoms. The lowest BCUT2D eigenvalue weighted by Crippen LogP contribution is -2.33. The largest absolute Gasteiger partial charge is 0.355 e. The van der Waals surface area contributed by atoms with Crippen LogP contribution in [0.3, 0.4) is 0 Å². The normalized spacial score (nSPS) is 20.5. The van der Waals surface area contributed by atoms with E-state index in [4.69, 9.17) is 0 Å². The molecule has 0 bridgehead atoms. The number of nitrogens with zero attached hydrogens (tertiary/aromatic N) is 3. The van der Waals surface area contributed by atoms with Gasteiger partial charge in [0.05, 0.1) is 17.6 Å². The summed E-state index contributed by atoms with van der Waals surface area (Å²) in [6.07, 6.45) is 5.12. The predicted molar refractivity (Wildman–Crippen MR) is 101 cm³/mol. The highest BCUT2D eigenvalue weighted by Gasteiger charge is 2.33. The molecule has 6 heteroatoms. The van der Waals surface area contributed by atoms with Gasteiger partial charge >= 0.3 is 0 Å². The van der Waals surface area contributed by atoms with E-state index in [0.717, 1.165) is 29.6 Å². The molecule has 6 nitrogen and oxygen atoms in total. The number of para-hydroxylation sites is 1. The van der Waals surface area contributed by atoms with Crippen LogP contribution < -0.4 is 5.32 Å². The van der Waals surface area contributed by atoms with Crippen molar-refractivity contribution in [3.63, 3.8) is 0 Å². The van der Waals surface area contributed by atoms with E-state index in [2.05, 4.69) is 38.5 Å². The van der Waals surface area contributed by atoms with Crippen molar-refractivity contribution < 1.29 is 4.79 Å². The molecule has 1 aliphatic heterocycles. The first-order valence-corrected chi connectivity index (χ1v) is 9.01. The van der Waals surface area contributed by atoms with Crippen LogP contribution in [0.15, 0.2) is 48.8 Å². The topological polar surface area (TPSA) is 73.9 Å². The Morgan fingerprint density at radius 1 is 1.31 bits per heavy atom. The summed E-state index contributed by atoms with van der Waals surface area (Å²) in [5.41, 5.74) is 2.97. The summed E-state index contributed by atoms with van der Waals surface area (Å²) in [7, 11) is 2.14. The number of carbonyl (C=O) groups excluding carboxylic acids is 1. The van der Waals surface area contributed by atoms with Gasteiger partial charge in [-0.25, -0.2) is 0 Å². The van der Waals surface area contributed by atoms with Crippen molar-refractivity contribution in [1.82, 2.24) is 25.4 Å². The fourth-order valence-corrected chi connectivity index (χ4v) is 3.93. The molecule has 0 aliphatic carbocycles. The summed E-state index contributed by atoms with van der Waals surface area (Å²) >= 11 is 0. The Labute approximate surface area is 152 Å². The molecule has 1 saturated heterocycles. The fraction of sp³-hybridized carbons (Fsp3) is 0.350. The van der Waals surface area contributed by atoms with Crippen LogP contribution in [-0.2, 0) is 11.2 Å². The number of hydrogen-bond donors (Lipinski definition) is 2. The highest BCUT2D eigenvalue weighted by molar-refractivity contribution is 5.87. The second-order valence-corrected chi connectivity index (χ2v) is 6.96. The minimum absolute atomic E-state index is 0.0268. The number of pyridine rings is 1. The van der Waals surface area contributed by atoms with E-state index in [-0.39, 0.29) is 5.91 Å². The first kappa shape index (κ1) is 16.7. The maximum Gasteiger partial charge on any atom is 0.226 e. The summed E-state index contributed by atoms with van der Waals surface area (Å²) in [5, 5.41) is 11.4.